The topological polar surface area (TPSA) is 49.4 Å². The lowest BCUT2D eigenvalue weighted by Crippen LogP contribution is -2.29. The first-order valence-electron chi connectivity index (χ1n) is 7.15. The molecule has 2 atom stereocenters. The summed E-state index contributed by atoms with van der Waals surface area (Å²) in [5, 5.41) is 3.09. The number of sulfonamides is 1. The Balaban J connectivity index is 2.04. The molecule has 5 heteroatoms. The summed E-state index contributed by atoms with van der Waals surface area (Å²) in [7, 11) is 0.248. The zero-order valence-corrected chi connectivity index (χ0v) is 13.3. The van der Waals surface area contributed by atoms with Gasteiger partial charge in [-0.25, -0.2) is 12.7 Å². The lowest BCUT2D eigenvalue weighted by atomic mass is 10.1. The highest BCUT2D eigenvalue weighted by Gasteiger charge is 2.36. The summed E-state index contributed by atoms with van der Waals surface area (Å²) >= 11 is 0. The van der Waals surface area contributed by atoms with Crippen LogP contribution in [-0.2, 0) is 16.4 Å². The summed E-state index contributed by atoms with van der Waals surface area (Å²) in [5.41, 5.74) is 1.15. The maximum atomic E-state index is 12.4. The van der Waals surface area contributed by atoms with Crippen molar-refractivity contribution in [2.75, 3.05) is 27.2 Å². The number of nitrogens with zero attached hydrogens (tertiary/aromatic N) is 1. The van der Waals surface area contributed by atoms with Gasteiger partial charge in [0.15, 0.2) is 0 Å². The summed E-state index contributed by atoms with van der Waals surface area (Å²) in [4.78, 5) is 0.390. The van der Waals surface area contributed by atoms with Gasteiger partial charge in [0.25, 0.3) is 0 Å². The summed E-state index contributed by atoms with van der Waals surface area (Å²) in [6.45, 7) is 3.69. The highest BCUT2D eigenvalue weighted by atomic mass is 32.2. The van der Waals surface area contributed by atoms with E-state index in [1.54, 1.807) is 19.2 Å². The lowest BCUT2D eigenvalue weighted by Gasteiger charge is -2.17. The van der Waals surface area contributed by atoms with Crippen molar-refractivity contribution in [1.82, 2.24) is 9.62 Å². The van der Waals surface area contributed by atoms with E-state index in [2.05, 4.69) is 12.2 Å². The lowest BCUT2D eigenvalue weighted by molar-refractivity contribution is 0.444. The third-order valence-corrected chi connectivity index (χ3v) is 5.90. The van der Waals surface area contributed by atoms with Crippen molar-refractivity contribution in [3.63, 3.8) is 0 Å². The van der Waals surface area contributed by atoms with Crippen LogP contribution in [0.3, 0.4) is 0 Å². The Labute approximate surface area is 122 Å². The van der Waals surface area contributed by atoms with E-state index in [1.807, 2.05) is 19.2 Å². The first-order valence-corrected chi connectivity index (χ1v) is 8.59. The summed E-state index contributed by atoms with van der Waals surface area (Å²) < 4.78 is 26.4. The zero-order valence-electron chi connectivity index (χ0n) is 12.5. The number of likely N-dealkylation sites (N-methyl/N-ethyl adjacent to an activating group) is 1. The second-order valence-electron chi connectivity index (χ2n) is 5.76. The van der Waals surface area contributed by atoms with Crippen LogP contribution in [0, 0.1) is 11.8 Å². The van der Waals surface area contributed by atoms with Gasteiger partial charge in [0, 0.05) is 13.6 Å². The number of hydrogen-bond donors (Lipinski definition) is 1. The van der Waals surface area contributed by atoms with Gasteiger partial charge in [-0.05, 0) is 56.0 Å². The van der Waals surface area contributed by atoms with Crippen LogP contribution in [0.5, 0.6) is 0 Å². The minimum Gasteiger partial charge on any atom is -0.319 e. The molecular weight excluding hydrogens is 272 g/mol. The molecular formula is C15H24N2O2S. The Morgan fingerprint density at radius 1 is 1.30 bits per heavy atom. The molecule has 1 aromatic carbocycles. The Morgan fingerprint density at radius 2 is 1.90 bits per heavy atom. The number of hydrogen-bond acceptors (Lipinski definition) is 3. The average Bonchev–Trinajstić information content (AvgIpc) is 3.12. The molecule has 0 amide bonds. The minimum absolute atomic E-state index is 0.390. The minimum atomic E-state index is -3.34. The smallest absolute Gasteiger partial charge is 0.242 e. The maximum Gasteiger partial charge on any atom is 0.242 e. The van der Waals surface area contributed by atoms with Crippen molar-refractivity contribution in [2.45, 2.75) is 24.7 Å². The first kappa shape index (κ1) is 15.5. The normalized spacial score (nSPS) is 22.2. The monoisotopic (exact) mass is 296 g/mol. The third-order valence-electron chi connectivity index (χ3n) is 4.06. The highest BCUT2D eigenvalue weighted by Crippen LogP contribution is 2.38. The van der Waals surface area contributed by atoms with Gasteiger partial charge in [-0.3, -0.25) is 0 Å². The molecule has 0 radical (unpaired) electrons. The largest absolute Gasteiger partial charge is 0.319 e. The van der Waals surface area contributed by atoms with Crippen molar-refractivity contribution in [3.8, 4) is 0 Å². The van der Waals surface area contributed by atoms with Gasteiger partial charge in [-0.1, -0.05) is 19.1 Å². The second-order valence-corrected chi connectivity index (χ2v) is 7.80. The molecule has 112 valence electrons. The van der Waals surface area contributed by atoms with E-state index < -0.39 is 10.0 Å². The number of benzene rings is 1. The molecule has 0 saturated heterocycles. The number of nitrogens with one attached hydrogen (secondary N) is 1. The van der Waals surface area contributed by atoms with Crippen LogP contribution in [0.25, 0.3) is 0 Å². The molecule has 0 bridgehead atoms. The van der Waals surface area contributed by atoms with Crippen LogP contribution in [-0.4, -0.2) is 39.9 Å². The Hall–Kier alpha value is -0.910. The van der Waals surface area contributed by atoms with Crippen molar-refractivity contribution in [2.24, 2.45) is 11.8 Å². The maximum absolute atomic E-state index is 12.4. The van der Waals surface area contributed by atoms with E-state index in [9.17, 15) is 8.42 Å². The van der Waals surface area contributed by atoms with Crippen molar-refractivity contribution >= 4 is 10.0 Å². The van der Waals surface area contributed by atoms with E-state index in [4.69, 9.17) is 0 Å². The number of rotatable bonds is 7. The van der Waals surface area contributed by atoms with Gasteiger partial charge in [-0.2, -0.15) is 0 Å². The van der Waals surface area contributed by atoms with Gasteiger partial charge < -0.3 is 5.32 Å². The van der Waals surface area contributed by atoms with Gasteiger partial charge in [0.1, 0.15) is 0 Å². The molecule has 2 unspecified atom stereocenters. The fourth-order valence-corrected chi connectivity index (χ4v) is 3.59. The molecule has 0 heterocycles. The Kier molecular flexibility index (Phi) is 4.83. The summed E-state index contributed by atoms with van der Waals surface area (Å²) in [5.74, 6) is 1.20. The molecule has 2 rings (SSSR count). The second kappa shape index (κ2) is 6.24. The molecule has 1 aliphatic rings. The van der Waals surface area contributed by atoms with E-state index in [0.29, 0.717) is 23.3 Å². The van der Waals surface area contributed by atoms with Gasteiger partial charge in [0.05, 0.1) is 4.90 Å². The predicted molar refractivity (Wildman–Crippen MR) is 81.2 cm³/mol. The van der Waals surface area contributed by atoms with Crippen molar-refractivity contribution in [3.05, 3.63) is 29.8 Å². The molecule has 0 aromatic heterocycles. The highest BCUT2D eigenvalue weighted by molar-refractivity contribution is 7.89. The molecule has 1 saturated carbocycles. The van der Waals surface area contributed by atoms with E-state index in [0.717, 1.165) is 24.9 Å². The van der Waals surface area contributed by atoms with Crippen LogP contribution in [0.1, 0.15) is 18.9 Å². The van der Waals surface area contributed by atoms with Gasteiger partial charge >= 0.3 is 0 Å². The van der Waals surface area contributed by atoms with E-state index in [-0.39, 0.29) is 0 Å². The summed E-state index contributed by atoms with van der Waals surface area (Å²) in [6, 6.07) is 7.23. The fourth-order valence-electron chi connectivity index (χ4n) is 2.36. The molecule has 0 aliphatic heterocycles. The summed E-state index contributed by atoms with van der Waals surface area (Å²) in [6.07, 6.45) is 2.05. The SMILES string of the molecule is CNCCc1ccc(S(=O)(=O)N(C)CC2CC2C)cc1. The molecule has 1 fully saturated rings. The molecule has 1 aromatic rings. The Morgan fingerprint density at radius 3 is 2.40 bits per heavy atom. The van der Waals surface area contributed by atoms with Crippen LogP contribution < -0.4 is 5.32 Å². The predicted octanol–water partition coefficient (Wildman–Crippen LogP) is 1.72. The molecule has 1 aliphatic carbocycles. The van der Waals surface area contributed by atoms with Gasteiger partial charge in [-0.15, -0.1) is 0 Å². The Bertz CT molecular complexity index is 539. The average molecular weight is 296 g/mol. The van der Waals surface area contributed by atoms with Crippen LogP contribution in [0.4, 0.5) is 0 Å². The van der Waals surface area contributed by atoms with E-state index >= 15 is 0 Å². The molecule has 4 nitrogen and oxygen atoms in total. The molecule has 20 heavy (non-hydrogen) atoms. The van der Waals surface area contributed by atoms with Gasteiger partial charge in [0.2, 0.25) is 10.0 Å². The van der Waals surface area contributed by atoms with E-state index in [1.165, 1.54) is 4.31 Å². The third kappa shape index (κ3) is 3.59. The van der Waals surface area contributed by atoms with Crippen LogP contribution in [0.2, 0.25) is 0 Å². The van der Waals surface area contributed by atoms with Crippen molar-refractivity contribution < 1.29 is 8.42 Å². The first-order chi connectivity index (χ1) is 9.45. The zero-order chi connectivity index (χ0) is 14.8. The molecule has 1 N–H and O–H groups in total. The quantitative estimate of drug-likeness (QED) is 0.833. The van der Waals surface area contributed by atoms with Crippen LogP contribution >= 0.6 is 0 Å². The standard InChI is InChI=1S/C15H24N2O2S/c1-12-10-14(12)11-17(3)20(18,19)15-6-4-13(5-7-15)8-9-16-2/h4-7,12,14,16H,8-11H2,1-3H3. The van der Waals surface area contributed by atoms with Crippen molar-refractivity contribution in [1.29, 1.82) is 0 Å². The fraction of sp³-hybridized carbons (Fsp3) is 0.600. The van der Waals surface area contributed by atoms with Crippen LogP contribution in [0.15, 0.2) is 29.2 Å². The molecule has 0 spiro atoms.